The van der Waals surface area contributed by atoms with Crippen LogP contribution in [-0.2, 0) is 0 Å². The molecule has 1 fully saturated rings. The van der Waals surface area contributed by atoms with Gasteiger partial charge in [0.15, 0.2) is 0 Å². The zero-order valence-electron chi connectivity index (χ0n) is 13.4. The van der Waals surface area contributed by atoms with Crippen LogP contribution >= 0.6 is 0 Å². The van der Waals surface area contributed by atoms with Gasteiger partial charge in [-0.25, -0.2) is 0 Å². The highest BCUT2D eigenvalue weighted by molar-refractivity contribution is 4.89. The maximum atomic E-state index is 9.08. The fraction of sp³-hybridized carbons (Fsp3) is 1.00. The third-order valence-corrected chi connectivity index (χ3v) is 4.47. The molecule has 0 heterocycles. The summed E-state index contributed by atoms with van der Waals surface area (Å²) in [6.07, 6.45) is 5.37. The van der Waals surface area contributed by atoms with Crippen molar-refractivity contribution in [3.05, 3.63) is 0 Å². The van der Waals surface area contributed by atoms with Gasteiger partial charge >= 0.3 is 0 Å². The molecule has 114 valence electrons. The minimum absolute atomic E-state index is 0.266. The topological polar surface area (TPSA) is 35.5 Å². The number of rotatable bonds is 8. The van der Waals surface area contributed by atoms with Crippen molar-refractivity contribution >= 4 is 0 Å². The summed E-state index contributed by atoms with van der Waals surface area (Å²) in [6.45, 7) is 11.3. The second-order valence-corrected chi connectivity index (χ2v) is 7.17. The Kier molecular flexibility index (Phi) is 7.33. The summed E-state index contributed by atoms with van der Waals surface area (Å²) in [7, 11) is 2.14. The standard InChI is InChI=1S/C16H34N2O/c1-14(2)11-17-12-16(13-18(4)9-10-19)7-5-15(3)6-8-16/h14-15,17,19H,5-13H2,1-4H3. The number of aliphatic hydroxyl groups is 1. The molecule has 0 saturated heterocycles. The Balaban J connectivity index is 2.51. The molecule has 0 aromatic carbocycles. The fourth-order valence-electron chi connectivity index (χ4n) is 3.21. The molecule has 0 aliphatic heterocycles. The molecule has 2 N–H and O–H groups in total. The normalized spacial score (nSPS) is 28.3. The van der Waals surface area contributed by atoms with Crippen LogP contribution in [0.25, 0.3) is 0 Å². The van der Waals surface area contributed by atoms with E-state index < -0.39 is 0 Å². The second kappa shape index (κ2) is 8.23. The van der Waals surface area contributed by atoms with Gasteiger partial charge in [0.1, 0.15) is 0 Å². The van der Waals surface area contributed by atoms with E-state index >= 15 is 0 Å². The Morgan fingerprint density at radius 1 is 1.32 bits per heavy atom. The Morgan fingerprint density at radius 2 is 1.95 bits per heavy atom. The summed E-state index contributed by atoms with van der Waals surface area (Å²) >= 11 is 0. The van der Waals surface area contributed by atoms with Gasteiger partial charge in [-0.2, -0.15) is 0 Å². The Bertz CT molecular complexity index is 235. The third-order valence-electron chi connectivity index (χ3n) is 4.47. The number of nitrogens with zero attached hydrogens (tertiary/aromatic N) is 1. The van der Waals surface area contributed by atoms with Gasteiger partial charge in [-0.05, 0) is 43.7 Å². The number of likely N-dealkylation sites (N-methyl/N-ethyl adjacent to an activating group) is 1. The lowest BCUT2D eigenvalue weighted by Gasteiger charge is -2.42. The van der Waals surface area contributed by atoms with Crippen molar-refractivity contribution in [2.75, 3.05) is 39.8 Å². The van der Waals surface area contributed by atoms with E-state index in [9.17, 15) is 0 Å². The number of nitrogens with one attached hydrogen (secondary N) is 1. The van der Waals surface area contributed by atoms with Gasteiger partial charge in [-0.1, -0.05) is 33.6 Å². The smallest absolute Gasteiger partial charge is 0.0558 e. The largest absolute Gasteiger partial charge is 0.395 e. The van der Waals surface area contributed by atoms with E-state index in [-0.39, 0.29) is 6.61 Å². The average molecular weight is 270 g/mol. The lowest BCUT2D eigenvalue weighted by Crippen LogP contribution is -2.46. The highest BCUT2D eigenvalue weighted by Gasteiger charge is 2.34. The van der Waals surface area contributed by atoms with Crippen LogP contribution in [0.3, 0.4) is 0 Å². The lowest BCUT2D eigenvalue weighted by molar-refractivity contribution is 0.0889. The van der Waals surface area contributed by atoms with Gasteiger partial charge < -0.3 is 15.3 Å². The van der Waals surface area contributed by atoms with E-state index in [4.69, 9.17) is 5.11 Å². The molecule has 0 radical (unpaired) electrons. The fourth-order valence-corrected chi connectivity index (χ4v) is 3.21. The first kappa shape index (κ1) is 16.9. The van der Waals surface area contributed by atoms with Crippen LogP contribution in [-0.4, -0.2) is 49.8 Å². The molecular weight excluding hydrogens is 236 g/mol. The van der Waals surface area contributed by atoms with E-state index in [0.717, 1.165) is 38.0 Å². The molecule has 1 aliphatic rings. The average Bonchev–Trinajstić information content (AvgIpc) is 2.33. The number of hydrogen-bond acceptors (Lipinski definition) is 3. The van der Waals surface area contributed by atoms with Crippen LogP contribution in [0.15, 0.2) is 0 Å². The lowest BCUT2D eigenvalue weighted by atomic mass is 9.70. The molecular formula is C16H34N2O. The van der Waals surface area contributed by atoms with Crippen LogP contribution in [0.4, 0.5) is 0 Å². The van der Waals surface area contributed by atoms with Crippen molar-refractivity contribution in [2.45, 2.75) is 46.5 Å². The van der Waals surface area contributed by atoms with Crippen molar-refractivity contribution in [2.24, 2.45) is 17.3 Å². The van der Waals surface area contributed by atoms with E-state index in [1.165, 1.54) is 25.7 Å². The first-order valence-corrected chi connectivity index (χ1v) is 7.97. The molecule has 1 saturated carbocycles. The van der Waals surface area contributed by atoms with E-state index in [1.54, 1.807) is 0 Å². The molecule has 0 bridgehead atoms. The molecule has 19 heavy (non-hydrogen) atoms. The molecule has 0 unspecified atom stereocenters. The van der Waals surface area contributed by atoms with Gasteiger partial charge in [0, 0.05) is 19.6 Å². The second-order valence-electron chi connectivity index (χ2n) is 7.17. The summed E-state index contributed by atoms with van der Waals surface area (Å²) in [5.41, 5.74) is 0.422. The summed E-state index contributed by atoms with van der Waals surface area (Å²) in [6, 6.07) is 0. The van der Waals surface area contributed by atoms with E-state index in [1.807, 2.05) is 0 Å². The molecule has 0 aromatic heterocycles. The molecule has 0 amide bonds. The number of hydrogen-bond donors (Lipinski definition) is 2. The Morgan fingerprint density at radius 3 is 2.47 bits per heavy atom. The maximum Gasteiger partial charge on any atom is 0.0558 e. The van der Waals surface area contributed by atoms with Crippen LogP contribution in [0.2, 0.25) is 0 Å². The monoisotopic (exact) mass is 270 g/mol. The molecule has 0 atom stereocenters. The SMILES string of the molecule is CC(C)CNCC1(CN(C)CCO)CCC(C)CC1. The van der Waals surface area contributed by atoms with Gasteiger partial charge in [-0.15, -0.1) is 0 Å². The predicted molar refractivity (Wildman–Crippen MR) is 82.4 cm³/mol. The highest BCUT2D eigenvalue weighted by atomic mass is 16.3. The third kappa shape index (κ3) is 6.24. The summed E-state index contributed by atoms with van der Waals surface area (Å²) < 4.78 is 0. The Labute approximate surface area is 119 Å². The van der Waals surface area contributed by atoms with Crippen molar-refractivity contribution < 1.29 is 5.11 Å². The Hall–Kier alpha value is -0.120. The van der Waals surface area contributed by atoms with E-state index in [2.05, 4.69) is 38.0 Å². The number of aliphatic hydroxyl groups excluding tert-OH is 1. The van der Waals surface area contributed by atoms with Crippen LogP contribution in [0.5, 0.6) is 0 Å². The maximum absolute atomic E-state index is 9.08. The zero-order chi connectivity index (χ0) is 14.3. The first-order valence-electron chi connectivity index (χ1n) is 7.97. The first-order chi connectivity index (χ1) is 8.97. The highest BCUT2D eigenvalue weighted by Crippen LogP contribution is 2.39. The summed E-state index contributed by atoms with van der Waals surface area (Å²) in [4.78, 5) is 2.30. The molecule has 1 rings (SSSR count). The quantitative estimate of drug-likeness (QED) is 0.711. The van der Waals surface area contributed by atoms with Gasteiger partial charge in [-0.3, -0.25) is 0 Å². The van der Waals surface area contributed by atoms with Gasteiger partial charge in [0.05, 0.1) is 6.61 Å². The van der Waals surface area contributed by atoms with Crippen molar-refractivity contribution in [1.29, 1.82) is 0 Å². The van der Waals surface area contributed by atoms with Gasteiger partial charge in [0.25, 0.3) is 0 Å². The molecule has 0 spiro atoms. The van der Waals surface area contributed by atoms with Gasteiger partial charge in [0.2, 0.25) is 0 Å². The molecule has 3 nitrogen and oxygen atoms in total. The minimum atomic E-state index is 0.266. The van der Waals surface area contributed by atoms with Crippen molar-refractivity contribution in [1.82, 2.24) is 10.2 Å². The molecule has 0 aromatic rings. The van der Waals surface area contributed by atoms with Crippen molar-refractivity contribution in [3.63, 3.8) is 0 Å². The summed E-state index contributed by atoms with van der Waals surface area (Å²) in [5.74, 6) is 1.61. The predicted octanol–water partition coefficient (Wildman–Crippen LogP) is 2.35. The minimum Gasteiger partial charge on any atom is -0.395 e. The zero-order valence-corrected chi connectivity index (χ0v) is 13.4. The van der Waals surface area contributed by atoms with E-state index in [0.29, 0.717) is 5.41 Å². The van der Waals surface area contributed by atoms with Crippen LogP contribution in [0, 0.1) is 17.3 Å². The van der Waals surface area contributed by atoms with Crippen LogP contribution < -0.4 is 5.32 Å². The summed E-state index contributed by atoms with van der Waals surface area (Å²) in [5, 5.41) is 12.8. The van der Waals surface area contributed by atoms with Crippen LogP contribution in [0.1, 0.15) is 46.5 Å². The van der Waals surface area contributed by atoms with Crippen molar-refractivity contribution in [3.8, 4) is 0 Å². The molecule has 1 aliphatic carbocycles. The molecule has 3 heteroatoms.